The quantitative estimate of drug-likeness (QED) is 0.635. The van der Waals surface area contributed by atoms with Crippen molar-refractivity contribution in [2.45, 2.75) is 53.1 Å². The van der Waals surface area contributed by atoms with E-state index in [-0.39, 0.29) is 17.4 Å². The van der Waals surface area contributed by atoms with Crippen molar-refractivity contribution in [1.82, 2.24) is 15.1 Å². The van der Waals surface area contributed by atoms with Crippen molar-refractivity contribution in [2.75, 3.05) is 5.32 Å². The molecule has 0 saturated carbocycles. The highest BCUT2D eigenvalue weighted by molar-refractivity contribution is 5.88. The Morgan fingerprint density at radius 2 is 1.83 bits per heavy atom. The monoisotopic (exact) mass is 402 g/mol. The summed E-state index contributed by atoms with van der Waals surface area (Å²) in [6.07, 6.45) is 4.12. The molecule has 5 nitrogen and oxygen atoms in total. The minimum absolute atomic E-state index is 0.0524. The fraction of sp³-hybridized carbons (Fsp3) is 0.360. The van der Waals surface area contributed by atoms with Gasteiger partial charge in [-0.1, -0.05) is 43.7 Å². The van der Waals surface area contributed by atoms with Crippen LogP contribution in [0.15, 0.2) is 54.7 Å². The number of fused-ring (bicyclic) bond motifs is 1. The Balaban J connectivity index is 1.54. The molecule has 0 fully saturated rings. The second-order valence-corrected chi connectivity index (χ2v) is 9.15. The number of hydrogen-bond donors (Lipinski definition) is 2. The molecule has 1 heterocycles. The van der Waals surface area contributed by atoms with E-state index in [4.69, 9.17) is 5.10 Å². The highest BCUT2D eigenvalue weighted by atomic mass is 16.1. The van der Waals surface area contributed by atoms with E-state index in [2.05, 4.69) is 72.5 Å². The lowest BCUT2D eigenvalue weighted by atomic mass is 9.74. The predicted octanol–water partition coefficient (Wildman–Crippen LogP) is 4.94. The van der Waals surface area contributed by atoms with Gasteiger partial charge in [0.1, 0.15) is 0 Å². The van der Waals surface area contributed by atoms with Gasteiger partial charge in [-0.3, -0.25) is 4.79 Å². The van der Waals surface area contributed by atoms with Crippen LogP contribution in [0.1, 0.15) is 55.6 Å². The van der Waals surface area contributed by atoms with Crippen molar-refractivity contribution >= 4 is 11.6 Å². The molecule has 0 radical (unpaired) electrons. The Hall–Kier alpha value is -2.92. The molecule has 0 aliphatic heterocycles. The normalized spacial score (nSPS) is 17.4. The average Bonchev–Trinajstić information content (AvgIpc) is 3.10. The second-order valence-electron chi connectivity index (χ2n) is 9.15. The standard InChI is InChI=1S/C25H30N4O/c1-17-5-11-21(12-6-17)29-24-14-25(3,4)13-23(22(24)16-27-29)26-15-19-7-9-20(10-8-19)28-18(2)30/h5-12,16,23,26H,13-15H2,1-4H3,(H,28,30). The van der Waals surface area contributed by atoms with E-state index in [1.165, 1.54) is 29.3 Å². The van der Waals surface area contributed by atoms with Gasteiger partial charge >= 0.3 is 0 Å². The van der Waals surface area contributed by atoms with Gasteiger partial charge in [0.25, 0.3) is 0 Å². The van der Waals surface area contributed by atoms with Crippen molar-refractivity contribution in [2.24, 2.45) is 5.41 Å². The molecule has 0 saturated heterocycles. The van der Waals surface area contributed by atoms with E-state index in [9.17, 15) is 4.79 Å². The number of rotatable bonds is 5. The average molecular weight is 403 g/mol. The third kappa shape index (κ3) is 4.46. The molecule has 30 heavy (non-hydrogen) atoms. The minimum atomic E-state index is -0.0524. The fourth-order valence-electron chi connectivity index (χ4n) is 4.28. The Bertz CT molecular complexity index is 1030. The maximum Gasteiger partial charge on any atom is 0.221 e. The van der Waals surface area contributed by atoms with Crippen LogP contribution in [0.3, 0.4) is 0 Å². The summed E-state index contributed by atoms with van der Waals surface area (Å²) in [5.74, 6) is -0.0524. The Morgan fingerprint density at radius 3 is 2.50 bits per heavy atom. The summed E-state index contributed by atoms with van der Waals surface area (Å²) in [6.45, 7) is 9.07. The molecule has 1 amide bonds. The SMILES string of the molecule is CC(=O)Nc1ccc(CNC2CC(C)(C)Cc3c2cnn3-c2ccc(C)cc2)cc1. The lowest BCUT2D eigenvalue weighted by Gasteiger charge is -2.36. The molecule has 1 unspecified atom stereocenters. The summed E-state index contributed by atoms with van der Waals surface area (Å²) in [5.41, 5.74) is 7.18. The van der Waals surface area contributed by atoms with Gasteiger partial charge in [0, 0.05) is 36.5 Å². The summed E-state index contributed by atoms with van der Waals surface area (Å²) >= 11 is 0. The number of aromatic nitrogens is 2. The predicted molar refractivity (Wildman–Crippen MR) is 121 cm³/mol. The van der Waals surface area contributed by atoms with E-state index in [1.54, 1.807) is 0 Å². The molecule has 1 aliphatic carbocycles. The van der Waals surface area contributed by atoms with E-state index in [0.717, 1.165) is 30.8 Å². The van der Waals surface area contributed by atoms with E-state index >= 15 is 0 Å². The van der Waals surface area contributed by atoms with Gasteiger partial charge in [0.2, 0.25) is 5.91 Å². The zero-order chi connectivity index (χ0) is 21.3. The maximum atomic E-state index is 11.2. The zero-order valence-electron chi connectivity index (χ0n) is 18.2. The first kappa shape index (κ1) is 20.4. The van der Waals surface area contributed by atoms with Gasteiger partial charge < -0.3 is 10.6 Å². The summed E-state index contributed by atoms with van der Waals surface area (Å²) in [7, 11) is 0. The van der Waals surface area contributed by atoms with Crippen LogP contribution in [0, 0.1) is 12.3 Å². The largest absolute Gasteiger partial charge is 0.326 e. The third-order valence-corrected chi connectivity index (χ3v) is 5.78. The molecule has 1 aliphatic rings. The highest BCUT2D eigenvalue weighted by Crippen LogP contribution is 2.41. The first-order valence-electron chi connectivity index (χ1n) is 10.5. The van der Waals surface area contributed by atoms with Crippen molar-refractivity contribution in [3.8, 4) is 5.69 Å². The van der Waals surface area contributed by atoms with Gasteiger partial charge in [-0.05, 0) is 55.0 Å². The van der Waals surface area contributed by atoms with Crippen LogP contribution in [0.25, 0.3) is 5.69 Å². The number of hydrogen-bond acceptors (Lipinski definition) is 3. The van der Waals surface area contributed by atoms with Gasteiger partial charge in [-0.25, -0.2) is 4.68 Å². The van der Waals surface area contributed by atoms with Crippen LogP contribution in [-0.2, 0) is 17.8 Å². The molecule has 4 rings (SSSR count). The molecular weight excluding hydrogens is 372 g/mol. The van der Waals surface area contributed by atoms with Crippen LogP contribution in [-0.4, -0.2) is 15.7 Å². The molecule has 156 valence electrons. The number of anilines is 1. The number of nitrogens with one attached hydrogen (secondary N) is 2. The number of aryl methyl sites for hydroxylation is 1. The maximum absolute atomic E-state index is 11.2. The Kier molecular flexibility index (Phi) is 5.48. The summed E-state index contributed by atoms with van der Waals surface area (Å²) in [6, 6.07) is 16.8. The van der Waals surface area contributed by atoms with Gasteiger partial charge in [-0.15, -0.1) is 0 Å². The first-order chi connectivity index (χ1) is 14.3. The van der Waals surface area contributed by atoms with Crippen LogP contribution >= 0.6 is 0 Å². The number of amides is 1. The van der Waals surface area contributed by atoms with Crippen LogP contribution in [0.5, 0.6) is 0 Å². The van der Waals surface area contributed by atoms with Crippen LogP contribution < -0.4 is 10.6 Å². The summed E-state index contributed by atoms with van der Waals surface area (Å²) in [4.78, 5) is 11.2. The molecule has 0 spiro atoms. The van der Waals surface area contributed by atoms with Crippen LogP contribution in [0.4, 0.5) is 5.69 Å². The minimum Gasteiger partial charge on any atom is -0.326 e. The molecule has 1 aromatic heterocycles. The lowest BCUT2D eigenvalue weighted by molar-refractivity contribution is -0.114. The Labute approximate surface area is 178 Å². The van der Waals surface area contributed by atoms with E-state index < -0.39 is 0 Å². The molecule has 5 heteroatoms. The molecule has 0 bridgehead atoms. The van der Waals surface area contributed by atoms with Crippen molar-refractivity contribution in [3.63, 3.8) is 0 Å². The lowest BCUT2D eigenvalue weighted by Crippen LogP contribution is -2.33. The summed E-state index contributed by atoms with van der Waals surface area (Å²) < 4.78 is 2.10. The topological polar surface area (TPSA) is 59.0 Å². The number of benzene rings is 2. The van der Waals surface area contributed by atoms with Crippen molar-refractivity contribution in [1.29, 1.82) is 0 Å². The van der Waals surface area contributed by atoms with Gasteiger partial charge in [0.15, 0.2) is 0 Å². The number of carbonyl (C=O) groups is 1. The molecule has 2 N–H and O–H groups in total. The Morgan fingerprint density at radius 1 is 1.13 bits per heavy atom. The van der Waals surface area contributed by atoms with Gasteiger partial charge in [0.05, 0.1) is 11.9 Å². The third-order valence-electron chi connectivity index (χ3n) is 5.78. The van der Waals surface area contributed by atoms with Gasteiger partial charge in [-0.2, -0.15) is 5.10 Å². The smallest absolute Gasteiger partial charge is 0.221 e. The fourth-order valence-corrected chi connectivity index (χ4v) is 4.28. The zero-order valence-corrected chi connectivity index (χ0v) is 18.2. The molecule has 3 aromatic rings. The second kappa shape index (κ2) is 8.07. The molecule has 2 aromatic carbocycles. The molecule has 1 atom stereocenters. The number of carbonyl (C=O) groups excluding carboxylic acids is 1. The van der Waals surface area contributed by atoms with Crippen LogP contribution in [0.2, 0.25) is 0 Å². The number of nitrogens with zero attached hydrogens (tertiary/aromatic N) is 2. The van der Waals surface area contributed by atoms with E-state index in [1.807, 2.05) is 18.3 Å². The van der Waals surface area contributed by atoms with E-state index in [0.29, 0.717) is 0 Å². The summed E-state index contributed by atoms with van der Waals surface area (Å²) in [5, 5.41) is 11.3. The highest BCUT2D eigenvalue weighted by Gasteiger charge is 2.35. The first-order valence-corrected chi connectivity index (χ1v) is 10.5. The van der Waals surface area contributed by atoms with Crippen molar-refractivity contribution < 1.29 is 4.79 Å². The molecular formula is C25H30N4O. The van der Waals surface area contributed by atoms with Crippen molar-refractivity contribution in [3.05, 3.63) is 77.1 Å².